The highest BCUT2D eigenvalue weighted by molar-refractivity contribution is 6.18. The Morgan fingerprint density at radius 1 is 0.636 bits per heavy atom. The third kappa shape index (κ3) is 3.40. The van der Waals surface area contributed by atoms with Crippen molar-refractivity contribution in [3.05, 3.63) is 95.1 Å². The molecule has 0 spiro atoms. The van der Waals surface area contributed by atoms with E-state index in [2.05, 4.69) is 0 Å². The third-order valence-electron chi connectivity index (χ3n) is 5.79. The molecule has 0 saturated heterocycles. The Kier molecular flexibility index (Phi) is 4.85. The molecular formula is C25H14F2O6. The Balaban J connectivity index is 1.70. The summed E-state index contributed by atoms with van der Waals surface area (Å²) >= 11 is 0. The van der Waals surface area contributed by atoms with E-state index >= 15 is 0 Å². The normalized spacial score (nSPS) is 20.4. The second kappa shape index (κ2) is 7.74. The van der Waals surface area contributed by atoms with Gasteiger partial charge in [0.1, 0.15) is 35.0 Å². The summed E-state index contributed by atoms with van der Waals surface area (Å²) in [5.74, 6) is -10.4. The molecule has 164 valence electrons. The largest absolute Gasteiger partial charge is 0.425 e. The number of carbonyl (C=O) groups is 4. The molecule has 8 heteroatoms. The van der Waals surface area contributed by atoms with Crippen LogP contribution in [0.4, 0.5) is 8.78 Å². The Bertz CT molecular complexity index is 1250. The number of halogens is 2. The van der Waals surface area contributed by atoms with E-state index < -0.39 is 52.9 Å². The summed E-state index contributed by atoms with van der Waals surface area (Å²) in [6.07, 6.45) is 0. The number of carbonyl (C=O) groups excluding carboxylic acids is 4. The summed E-state index contributed by atoms with van der Waals surface area (Å²) in [7, 11) is 0. The smallest absolute Gasteiger partial charge is 0.322 e. The number of esters is 2. The number of benzene rings is 3. The molecule has 2 atom stereocenters. The maximum Gasteiger partial charge on any atom is 0.322 e. The second-order valence-electron chi connectivity index (χ2n) is 7.75. The monoisotopic (exact) mass is 448 g/mol. The van der Waals surface area contributed by atoms with Crippen LogP contribution in [0, 0.1) is 23.5 Å². The Morgan fingerprint density at radius 2 is 1.06 bits per heavy atom. The average Bonchev–Trinajstić information content (AvgIpc) is 2.77. The topological polar surface area (TPSA) is 86.7 Å². The molecule has 0 radical (unpaired) electrons. The van der Waals surface area contributed by atoms with Gasteiger partial charge in [0.2, 0.25) is 0 Å². The fourth-order valence-corrected chi connectivity index (χ4v) is 4.38. The van der Waals surface area contributed by atoms with Crippen molar-refractivity contribution < 1.29 is 37.4 Å². The molecule has 3 aromatic carbocycles. The fourth-order valence-electron chi connectivity index (χ4n) is 4.38. The van der Waals surface area contributed by atoms with Crippen molar-refractivity contribution in [1.82, 2.24) is 0 Å². The minimum absolute atomic E-state index is 0.0239. The Morgan fingerprint density at radius 3 is 1.52 bits per heavy atom. The molecule has 0 saturated carbocycles. The second-order valence-corrected chi connectivity index (χ2v) is 7.75. The van der Waals surface area contributed by atoms with Gasteiger partial charge in [-0.25, -0.2) is 8.78 Å². The van der Waals surface area contributed by atoms with Gasteiger partial charge in [0.15, 0.2) is 11.6 Å². The van der Waals surface area contributed by atoms with E-state index in [0.717, 1.165) is 12.1 Å². The van der Waals surface area contributed by atoms with Crippen molar-refractivity contribution in [2.45, 2.75) is 5.92 Å². The van der Waals surface area contributed by atoms with Crippen molar-refractivity contribution in [3.63, 3.8) is 0 Å². The summed E-state index contributed by atoms with van der Waals surface area (Å²) in [4.78, 5) is 52.6. The van der Waals surface area contributed by atoms with Crippen LogP contribution in [0.15, 0.2) is 66.7 Å². The molecule has 3 aromatic rings. The lowest BCUT2D eigenvalue weighted by molar-refractivity contribution is -0.142. The number of rotatable bonds is 3. The zero-order valence-electron chi connectivity index (χ0n) is 16.8. The van der Waals surface area contributed by atoms with Crippen LogP contribution in [0.1, 0.15) is 32.2 Å². The van der Waals surface area contributed by atoms with Gasteiger partial charge in [0.05, 0.1) is 11.1 Å². The lowest BCUT2D eigenvalue weighted by Gasteiger charge is -2.34. The van der Waals surface area contributed by atoms with Gasteiger partial charge >= 0.3 is 11.9 Å². The molecule has 2 heterocycles. The molecule has 0 aliphatic carbocycles. The molecule has 2 unspecified atom stereocenters. The van der Waals surface area contributed by atoms with E-state index in [0.29, 0.717) is 6.07 Å². The molecule has 2 aliphatic heterocycles. The van der Waals surface area contributed by atoms with Crippen LogP contribution in [0.25, 0.3) is 0 Å². The van der Waals surface area contributed by atoms with Crippen molar-refractivity contribution in [2.75, 3.05) is 0 Å². The molecule has 6 nitrogen and oxygen atoms in total. The number of fused-ring (bicyclic) bond motifs is 2. The maximum atomic E-state index is 14.1. The van der Waals surface area contributed by atoms with Gasteiger partial charge in [-0.15, -0.1) is 0 Å². The Labute approximate surface area is 185 Å². The Hall–Kier alpha value is -4.20. The molecule has 0 amide bonds. The highest BCUT2D eigenvalue weighted by Gasteiger charge is 2.52. The van der Waals surface area contributed by atoms with E-state index in [4.69, 9.17) is 9.47 Å². The molecule has 0 N–H and O–H groups in total. The van der Waals surface area contributed by atoms with Gasteiger partial charge in [-0.2, -0.15) is 0 Å². The van der Waals surface area contributed by atoms with E-state index in [1.165, 1.54) is 24.3 Å². The number of hydrogen-bond donors (Lipinski definition) is 0. The van der Waals surface area contributed by atoms with E-state index in [-0.39, 0.29) is 28.2 Å². The van der Waals surface area contributed by atoms with Crippen molar-refractivity contribution >= 4 is 23.5 Å². The average molecular weight is 448 g/mol. The molecule has 0 aromatic heterocycles. The van der Waals surface area contributed by atoms with E-state index in [1.807, 2.05) is 0 Å². The van der Waals surface area contributed by atoms with Crippen LogP contribution in [0.3, 0.4) is 0 Å². The van der Waals surface area contributed by atoms with Gasteiger partial charge in [-0.1, -0.05) is 24.3 Å². The summed E-state index contributed by atoms with van der Waals surface area (Å²) in [6.45, 7) is 0. The molecule has 2 aliphatic rings. The highest BCUT2D eigenvalue weighted by atomic mass is 19.1. The van der Waals surface area contributed by atoms with Gasteiger partial charge in [-0.3, -0.25) is 19.2 Å². The predicted octanol–water partition coefficient (Wildman–Crippen LogP) is 3.88. The summed E-state index contributed by atoms with van der Waals surface area (Å²) in [5.41, 5.74) is -0.0983. The van der Waals surface area contributed by atoms with Crippen LogP contribution in [-0.2, 0) is 9.59 Å². The van der Waals surface area contributed by atoms with Crippen LogP contribution in [0.2, 0.25) is 0 Å². The molecule has 0 fully saturated rings. The minimum atomic E-state index is -1.70. The lowest BCUT2D eigenvalue weighted by Crippen LogP contribution is -2.46. The zero-order chi connectivity index (χ0) is 23.3. The van der Waals surface area contributed by atoms with Crippen LogP contribution < -0.4 is 9.47 Å². The van der Waals surface area contributed by atoms with E-state index in [1.54, 1.807) is 24.3 Å². The quantitative estimate of drug-likeness (QED) is 0.343. The predicted molar refractivity (Wildman–Crippen MR) is 109 cm³/mol. The zero-order valence-corrected chi connectivity index (χ0v) is 16.8. The number of ketones is 2. The summed E-state index contributed by atoms with van der Waals surface area (Å²) in [5, 5.41) is 0. The number of hydrogen-bond acceptors (Lipinski definition) is 6. The first kappa shape index (κ1) is 20.7. The lowest BCUT2D eigenvalue weighted by atomic mass is 9.70. The van der Waals surface area contributed by atoms with Crippen molar-refractivity contribution in [1.29, 1.82) is 0 Å². The fraction of sp³-hybridized carbons (Fsp3) is 0.120. The summed E-state index contributed by atoms with van der Waals surface area (Å²) in [6, 6.07) is 14.3. The van der Waals surface area contributed by atoms with E-state index in [9.17, 15) is 28.0 Å². The molecule has 5 rings (SSSR count). The third-order valence-corrected chi connectivity index (χ3v) is 5.79. The SMILES string of the molecule is O=C1Oc2ccccc2C(=O)C1C(c1cc(F)cc(F)c1)C1C(=O)Oc2ccccc2C1=O. The molecule has 0 bridgehead atoms. The first-order chi connectivity index (χ1) is 15.8. The maximum absolute atomic E-state index is 14.1. The van der Waals surface area contributed by atoms with Gasteiger partial charge < -0.3 is 9.47 Å². The minimum Gasteiger partial charge on any atom is -0.425 e. The number of Topliss-reactive ketones (excluding diaryl/α,β-unsaturated/α-hetero) is 2. The molecular weight excluding hydrogens is 434 g/mol. The molecule has 33 heavy (non-hydrogen) atoms. The number of ether oxygens (including phenoxy) is 2. The van der Waals surface area contributed by atoms with Gasteiger partial charge in [0.25, 0.3) is 0 Å². The summed E-state index contributed by atoms with van der Waals surface area (Å²) < 4.78 is 38.9. The first-order valence-corrected chi connectivity index (χ1v) is 10.0. The first-order valence-electron chi connectivity index (χ1n) is 10.0. The number of para-hydroxylation sites is 2. The van der Waals surface area contributed by atoms with Crippen molar-refractivity contribution in [3.8, 4) is 11.5 Å². The van der Waals surface area contributed by atoms with Gasteiger partial charge in [0, 0.05) is 12.0 Å². The van der Waals surface area contributed by atoms with Crippen LogP contribution in [-0.4, -0.2) is 23.5 Å². The van der Waals surface area contributed by atoms with Crippen molar-refractivity contribution in [2.24, 2.45) is 11.8 Å². The van der Waals surface area contributed by atoms with Crippen LogP contribution >= 0.6 is 0 Å². The van der Waals surface area contributed by atoms with Crippen LogP contribution in [0.5, 0.6) is 11.5 Å². The standard InChI is InChI=1S/C25H14F2O6/c26-13-9-12(10-14(27)11-13)19(20-22(28)15-5-1-3-7-17(15)32-24(20)30)21-23(29)16-6-2-4-8-18(16)33-25(21)31/h1-11,19-21H. The highest BCUT2D eigenvalue weighted by Crippen LogP contribution is 2.44. The van der Waals surface area contributed by atoms with Gasteiger partial charge in [-0.05, 0) is 42.0 Å².